The molecule has 4 aromatic rings. The fourth-order valence-corrected chi connectivity index (χ4v) is 3.62. The van der Waals surface area contributed by atoms with E-state index in [0.29, 0.717) is 17.8 Å². The molecule has 0 fully saturated rings. The highest BCUT2D eigenvalue weighted by atomic mass is 16.1. The van der Waals surface area contributed by atoms with Crippen LogP contribution in [0.5, 0.6) is 0 Å². The molecular weight excluding hydrogens is 350 g/mol. The van der Waals surface area contributed by atoms with Crippen molar-refractivity contribution in [2.24, 2.45) is 0 Å². The highest BCUT2D eigenvalue weighted by Crippen LogP contribution is 2.17. The number of H-pyrrole nitrogens is 1. The maximum absolute atomic E-state index is 12.3. The van der Waals surface area contributed by atoms with Crippen LogP contribution in [-0.2, 0) is 13.1 Å². The summed E-state index contributed by atoms with van der Waals surface area (Å²) in [5, 5.41) is 5.35. The number of nitrogens with one attached hydrogen (secondary N) is 2. The Bertz CT molecular complexity index is 1180. The van der Waals surface area contributed by atoms with Crippen LogP contribution in [0.3, 0.4) is 0 Å². The van der Waals surface area contributed by atoms with Crippen LogP contribution in [0.2, 0.25) is 0 Å². The van der Waals surface area contributed by atoms with Gasteiger partial charge in [0.25, 0.3) is 5.56 Å². The van der Waals surface area contributed by atoms with Gasteiger partial charge in [0.05, 0.1) is 40.6 Å². The van der Waals surface area contributed by atoms with Crippen molar-refractivity contribution in [3.8, 4) is 5.69 Å². The van der Waals surface area contributed by atoms with Gasteiger partial charge < -0.3 is 9.88 Å². The smallest absolute Gasteiger partial charge is 0.258 e. The minimum absolute atomic E-state index is 0.0855. The Kier molecular flexibility index (Phi) is 4.79. The molecule has 2 aromatic heterocycles. The van der Waals surface area contributed by atoms with Gasteiger partial charge in [-0.2, -0.15) is 5.10 Å². The van der Waals surface area contributed by atoms with Crippen molar-refractivity contribution in [3.05, 3.63) is 87.7 Å². The Morgan fingerprint density at radius 3 is 2.50 bits per heavy atom. The van der Waals surface area contributed by atoms with Gasteiger partial charge in [0.1, 0.15) is 13.1 Å². The lowest BCUT2D eigenvalue weighted by atomic mass is 10.2. The summed E-state index contributed by atoms with van der Waals surface area (Å²) >= 11 is 0. The SMILES string of the molecule is Cc1nn(-c2ccccc2)c(C)c1C[NH+](C)Cc1nc2ccccc2c(=O)[nH]1. The van der Waals surface area contributed by atoms with Crippen LogP contribution in [0, 0.1) is 13.8 Å². The van der Waals surface area contributed by atoms with Crippen molar-refractivity contribution in [1.29, 1.82) is 0 Å². The van der Waals surface area contributed by atoms with E-state index in [0.717, 1.165) is 29.1 Å². The van der Waals surface area contributed by atoms with Crippen molar-refractivity contribution >= 4 is 10.9 Å². The van der Waals surface area contributed by atoms with Gasteiger partial charge in [-0.05, 0) is 38.1 Å². The number of aryl methyl sites for hydroxylation is 1. The summed E-state index contributed by atoms with van der Waals surface area (Å²) in [5.41, 5.74) is 5.11. The van der Waals surface area contributed by atoms with Crippen molar-refractivity contribution in [3.63, 3.8) is 0 Å². The molecule has 6 heteroatoms. The topological polar surface area (TPSA) is 68.0 Å². The van der Waals surface area contributed by atoms with Gasteiger partial charge in [-0.25, -0.2) is 9.67 Å². The molecule has 2 heterocycles. The third kappa shape index (κ3) is 3.46. The lowest BCUT2D eigenvalue weighted by Crippen LogP contribution is -3.06. The maximum Gasteiger partial charge on any atom is 0.258 e. The Morgan fingerprint density at radius 1 is 1.00 bits per heavy atom. The minimum atomic E-state index is -0.0855. The summed E-state index contributed by atoms with van der Waals surface area (Å²) in [6, 6.07) is 17.6. The van der Waals surface area contributed by atoms with Crippen molar-refractivity contribution in [2.45, 2.75) is 26.9 Å². The van der Waals surface area contributed by atoms with E-state index in [-0.39, 0.29) is 5.56 Å². The fourth-order valence-electron chi connectivity index (χ4n) is 3.62. The number of para-hydroxylation sites is 2. The lowest BCUT2D eigenvalue weighted by molar-refractivity contribution is -0.908. The first-order valence-corrected chi connectivity index (χ1v) is 9.42. The van der Waals surface area contributed by atoms with Gasteiger partial charge in [-0.15, -0.1) is 0 Å². The Labute approximate surface area is 163 Å². The molecule has 0 spiro atoms. The molecular formula is C22H24N5O+. The summed E-state index contributed by atoms with van der Waals surface area (Å²) in [4.78, 5) is 21.1. The molecule has 2 N–H and O–H groups in total. The standard InChI is InChI=1S/C22H23N5O/c1-15-19(16(2)27(25-15)17-9-5-4-6-10-17)13-26(3)14-21-23-20-12-8-7-11-18(20)22(28)24-21/h4-12H,13-14H2,1-3H3,(H,23,24,28)/p+1. The first kappa shape index (κ1) is 18.1. The Hall–Kier alpha value is -3.25. The number of aromatic nitrogens is 4. The molecule has 2 aromatic carbocycles. The summed E-state index contributed by atoms with van der Waals surface area (Å²) in [7, 11) is 2.11. The van der Waals surface area contributed by atoms with E-state index in [9.17, 15) is 4.79 Å². The minimum Gasteiger partial charge on any atom is -0.327 e. The largest absolute Gasteiger partial charge is 0.327 e. The van der Waals surface area contributed by atoms with Crippen LogP contribution in [-0.4, -0.2) is 26.8 Å². The molecule has 0 radical (unpaired) electrons. The monoisotopic (exact) mass is 374 g/mol. The number of aromatic amines is 1. The number of quaternary nitrogens is 1. The van der Waals surface area contributed by atoms with E-state index in [4.69, 9.17) is 5.10 Å². The fraction of sp³-hybridized carbons (Fsp3) is 0.227. The molecule has 0 saturated heterocycles. The number of rotatable bonds is 5. The highest BCUT2D eigenvalue weighted by molar-refractivity contribution is 5.77. The average molecular weight is 374 g/mol. The quantitative estimate of drug-likeness (QED) is 0.561. The predicted octanol–water partition coefficient (Wildman–Crippen LogP) is 1.94. The predicted molar refractivity (Wildman–Crippen MR) is 110 cm³/mol. The average Bonchev–Trinajstić information content (AvgIpc) is 2.97. The summed E-state index contributed by atoms with van der Waals surface area (Å²) < 4.78 is 1.99. The van der Waals surface area contributed by atoms with Gasteiger partial charge in [0.2, 0.25) is 0 Å². The van der Waals surface area contributed by atoms with Crippen molar-refractivity contribution in [2.75, 3.05) is 7.05 Å². The number of nitrogens with zero attached hydrogens (tertiary/aromatic N) is 3. The number of fused-ring (bicyclic) bond motifs is 1. The number of benzene rings is 2. The van der Waals surface area contributed by atoms with Crippen LogP contribution in [0.15, 0.2) is 59.4 Å². The zero-order chi connectivity index (χ0) is 19.7. The van der Waals surface area contributed by atoms with Crippen molar-refractivity contribution < 1.29 is 4.90 Å². The molecule has 0 aliphatic rings. The molecule has 1 atom stereocenters. The van der Waals surface area contributed by atoms with Crippen LogP contribution in [0.25, 0.3) is 16.6 Å². The van der Waals surface area contributed by atoms with Gasteiger partial charge in [0, 0.05) is 0 Å². The van der Waals surface area contributed by atoms with E-state index in [2.05, 4.69) is 36.1 Å². The molecule has 0 bridgehead atoms. The van der Waals surface area contributed by atoms with Crippen molar-refractivity contribution in [1.82, 2.24) is 19.7 Å². The first-order chi connectivity index (χ1) is 13.5. The summed E-state index contributed by atoms with van der Waals surface area (Å²) in [6.07, 6.45) is 0. The molecule has 0 aliphatic heterocycles. The van der Waals surface area contributed by atoms with Crippen LogP contribution in [0.4, 0.5) is 0 Å². The second kappa shape index (κ2) is 7.40. The third-order valence-electron chi connectivity index (χ3n) is 5.05. The molecule has 142 valence electrons. The summed E-state index contributed by atoms with van der Waals surface area (Å²) in [6.45, 7) is 5.59. The molecule has 6 nitrogen and oxygen atoms in total. The molecule has 0 amide bonds. The maximum atomic E-state index is 12.3. The molecule has 0 saturated carbocycles. The van der Waals surface area contributed by atoms with Crippen LogP contribution >= 0.6 is 0 Å². The van der Waals surface area contributed by atoms with E-state index in [1.54, 1.807) is 6.07 Å². The second-order valence-electron chi connectivity index (χ2n) is 7.24. The van der Waals surface area contributed by atoms with Crippen LogP contribution in [0.1, 0.15) is 22.8 Å². The summed E-state index contributed by atoms with van der Waals surface area (Å²) in [5.74, 6) is 0.701. The third-order valence-corrected chi connectivity index (χ3v) is 5.05. The van der Waals surface area contributed by atoms with E-state index in [1.807, 2.05) is 48.0 Å². The molecule has 0 aliphatic carbocycles. The zero-order valence-corrected chi connectivity index (χ0v) is 16.4. The van der Waals surface area contributed by atoms with Gasteiger partial charge >= 0.3 is 0 Å². The Balaban J connectivity index is 1.57. The highest BCUT2D eigenvalue weighted by Gasteiger charge is 2.17. The molecule has 1 unspecified atom stereocenters. The van der Waals surface area contributed by atoms with E-state index < -0.39 is 0 Å². The van der Waals surface area contributed by atoms with Gasteiger partial charge in [-0.1, -0.05) is 30.3 Å². The normalized spacial score (nSPS) is 12.4. The van der Waals surface area contributed by atoms with E-state index >= 15 is 0 Å². The molecule has 4 rings (SSSR count). The van der Waals surface area contributed by atoms with Crippen LogP contribution < -0.4 is 10.5 Å². The zero-order valence-electron chi connectivity index (χ0n) is 16.4. The lowest BCUT2D eigenvalue weighted by Gasteiger charge is -2.14. The number of hydrogen-bond donors (Lipinski definition) is 2. The van der Waals surface area contributed by atoms with Gasteiger partial charge in [0.15, 0.2) is 5.82 Å². The second-order valence-corrected chi connectivity index (χ2v) is 7.24. The molecule has 28 heavy (non-hydrogen) atoms. The van der Waals surface area contributed by atoms with Gasteiger partial charge in [-0.3, -0.25) is 4.79 Å². The van der Waals surface area contributed by atoms with E-state index in [1.165, 1.54) is 10.5 Å². The number of hydrogen-bond acceptors (Lipinski definition) is 3. The first-order valence-electron chi connectivity index (χ1n) is 9.42. The Morgan fingerprint density at radius 2 is 1.71 bits per heavy atom.